The number of halogens is 1. The average Bonchev–Trinajstić information content (AvgIpc) is 2.33. The third-order valence-corrected chi connectivity index (χ3v) is 2.39. The Morgan fingerprint density at radius 2 is 2.24 bits per heavy atom. The molecule has 0 fully saturated rings. The van der Waals surface area contributed by atoms with E-state index in [0.29, 0.717) is 10.8 Å². The van der Waals surface area contributed by atoms with Crippen molar-refractivity contribution in [1.29, 1.82) is 5.26 Å². The van der Waals surface area contributed by atoms with Gasteiger partial charge in [-0.2, -0.15) is 5.26 Å². The maximum absolute atomic E-state index is 8.87. The molecule has 0 aliphatic carbocycles. The minimum absolute atomic E-state index is 0.202. The Morgan fingerprint density at radius 3 is 2.94 bits per heavy atom. The number of benzene rings is 1. The van der Waals surface area contributed by atoms with Crippen LogP contribution in [0.5, 0.6) is 11.6 Å². The zero-order valence-corrected chi connectivity index (χ0v) is 9.77. The Bertz CT molecular complexity index is 593. The van der Waals surface area contributed by atoms with Crippen LogP contribution >= 0.6 is 11.6 Å². The summed E-state index contributed by atoms with van der Waals surface area (Å²) in [5.41, 5.74) is 1.30. The summed E-state index contributed by atoms with van der Waals surface area (Å²) in [4.78, 5) is 7.64. The molecule has 84 valence electrons. The van der Waals surface area contributed by atoms with E-state index >= 15 is 0 Å². The third kappa shape index (κ3) is 2.52. The molecule has 17 heavy (non-hydrogen) atoms. The van der Waals surface area contributed by atoms with Gasteiger partial charge in [0.25, 0.3) is 0 Å². The monoisotopic (exact) mass is 245 g/mol. The fourth-order valence-corrected chi connectivity index (χ4v) is 1.54. The molecule has 0 amide bonds. The molecule has 2 rings (SSSR count). The van der Waals surface area contributed by atoms with Crippen LogP contribution in [-0.4, -0.2) is 9.97 Å². The van der Waals surface area contributed by atoms with Crippen molar-refractivity contribution in [2.45, 2.75) is 6.92 Å². The van der Waals surface area contributed by atoms with Crippen LogP contribution in [-0.2, 0) is 0 Å². The summed E-state index contributed by atoms with van der Waals surface area (Å²) in [6.45, 7) is 1.93. The van der Waals surface area contributed by atoms with Gasteiger partial charge in [0, 0.05) is 0 Å². The van der Waals surface area contributed by atoms with Crippen molar-refractivity contribution in [2.75, 3.05) is 0 Å². The lowest BCUT2D eigenvalue weighted by molar-refractivity contribution is 0.460. The van der Waals surface area contributed by atoms with Gasteiger partial charge in [-0.25, -0.2) is 9.97 Å². The molecule has 4 nitrogen and oxygen atoms in total. The Labute approximate surface area is 103 Å². The summed E-state index contributed by atoms with van der Waals surface area (Å²) >= 11 is 6.02. The first-order chi connectivity index (χ1) is 8.20. The van der Waals surface area contributed by atoms with Gasteiger partial charge in [0.1, 0.15) is 23.7 Å². The van der Waals surface area contributed by atoms with Crippen LogP contribution in [0.25, 0.3) is 0 Å². The van der Waals surface area contributed by atoms with Gasteiger partial charge in [0.15, 0.2) is 0 Å². The second-order valence-electron chi connectivity index (χ2n) is 3.39. The summed E-state index contributed by atoms with van der Waals surface area (Å²) < 4.78 is 5.48. The number of nitriles is 1. The molecule has 0 N–H and O–H groups in total. The smallest absolute Gasteiger partial charge is 0.240 e. The van der Waals surface area contributed by atoms with Crippen LogP contribution in [0.3, 0.4) is 0 Å². The SMILES string of the molecule is Cc1ccc(Oc2ncncc2C#N)c(Cl)c1. The van der Waals surface area contributed by atoms with E-state index in [2.05, 4.69) is 9.97 Å². The molecule has 0 saturated carbocycles. The van der Waals surface area contributed by atoms with Gasteiger partial charge in [0.2, 0.25) is 5.88 Å². The zero-order chi connectivity index (χ0) is 12.3. The minimum Gasteiger partial charge on any atom is -0.436 e. The summed E-state index contributed by atoms with van der Waals surface area (Å²) in [6, 6.07) is 7.34. The molecular weight excluding hydrogens is 238 g/mol. The quantitative estimate of drug-likeness (QED) is 0.816. The molecule has 0 radical (unpaired) electrons. The van der Waals surface area contributed by atoms with Gasteiger partial charge in [-0.1, -0.05) is 17.7 Å². The number of nitrogens with zero attached hydrogens (tertiary/aromatic N) is 3. The number of aromatic nitrogens is 2. The maximum Gasteiger partial charge on any atom is 0.240 e. The summed E-state index contributed by atoms with van der Waals surface area (Å²) in [7, 11) is 0. The van der Waals surface area contributed by atoms with Crippen molar-refractivity contribution < 1.29 is 4.74 Å². The van der Waals surface area contributed by atoms with Crippen LogP contribution in [0.1, 0.15) is 11.1 Å². The molecule has 0 spiro atoms. The van der Waals surface area contributed by atoms with E-state index in [4.69, 9.17) is 21.6 Å². The van der Waals surface area contributed by atoms with E-state index in [1.54, 1.807) is 12.1 Å². The van der Waals surface area contributed by atoms with Crippen LogP contribution in [0.15, 0.2) is 30.7 Å². The predicted octanol–water partition coefficient (Wildman–Crippen LogP) is 3.10. The molecule has 2 aromatic rings. The number of hydrogen-bond donors (Lipinski definition) is 0. The van der Waals surface area contributed by atoms with E-state index in [1.165, 1.54) is 12.5 Å². The molecule has 1 aromatic heterocycles. The molecule has 0 aliphatic rings. The molecule has 0 bridgehead atoms. The van der Waals surface area contributed by atoms with E-state index in [9.17, 15) is 0 Å². The average molecular weight is 246 g/mol. The van der Waals surface area contributed by atoms with Crippen LogP contribution in [0, 0.1) is 18.3 Å². The van der Waals surface area contributed by atoms with E-state index in [1.807, 2.05) is 19.1 Å². The molecule has 0 saturated heterocycles. The van der Waals surface area contributed by atoms with E-state index < -0.39 is 0 Å². The second kappa shape index (κ2) is 4.81. The fourth-order valence-electron chi connectivity index (χ4n) is 1.27. The van der Waals surface area contributed by atoms with Crippen LogP contribution < -0.4 is 4.74 Å². The van der Waals surface area contributed by atoms with Crippen molar-refractivity contribution in [3.05, 3.63) is 46.9 Å². The molecule has 0 unspecified atom stereocenters. The highest BCUT2D eigenvalue weighted by atomic mass is 35.5. The van der Waals surface area contributed by atoms with Crippen molar-refractivity contribution in [1.82, 2.24) is 9.97 Å². The van der Waals surface area contributed by atoms with Gasteiger partial charge < -0.3 is 4.74 Å². The topological polar surface area (TPSA) is 58.8 Å². The predicted molar refractivity (Wildman–Crippen MR) is 63.0 cm³/mol. The highest BCUT2D eigenvalue weighted by Crippen LogP contribution is 2.29. The molecular formula is C12H8ClN3O. The molecule has 1 heterocycles. The molecule has 0 atom stereocenters. The Balaban J connectivity index is 2.35. The first kappa shape index (κ1) is 11.4. The second-order valence-corrected chi connectivity index (χ2v) is 3.80. The molecule has 1 aromatic carbocycles. The molecule has 0 aliphatic heterocycles. The Morgan fingerprint density at radius 1 is 1.41 bits per heavy atom. The summed E-state index contributed by atoms with van der Waals surface area (Å²) in [6.07, 6.45) is 2.71. The normalized spacial score (nSPS) is 9.71. The maximum atomic E-state index is 8.87. The van der Waals surface area contributed by atoms with E-state index in [-0.39, 0.29) is 11.4 Å². The van der Waals surface area contributed by atoms with Crippen molar-refractivity contribution in [2.24, 2.45) is 0 Å². The minimum atomic E-state index is 0.202. The van der Waals surface area contributed by atoms with Crippen molar-refractivity contribution >= 4 is 11.6 Å². The first-order valence-electron chi connectivity index (χ1n) is 4.85. The number of rotatable bonds is 2. The number of aryl methyl sites for hydroxylation is 1. The highest BCUT2D eigenvalue weighted by Gasteiger charge is 2.08. The van der Waals surface area contributed by atoms with Crippen LogP contribution in [0.2, 0.25) is 5.02 Å². The highest BCUT2D eigenvalue weighted by molar-refractivity contribution is 6.32. The number of hydrogen-bond acceptors (Lipinski definition) is 4. The standard InChI is InChI=1S/C12H8ClN3O/c1-8-2-3-11(10(13)4-8)17-12-9(5-14)6-15-7-16-12/h2-4,6-7H,1H3. The zero-order valence-electron chi connectivity index (χ0n) is 9.01. The van der Waals surface area contributed by atoms with Crippen LogP contribution in [0.4, 0.5) is 0 Å². The van der Waals surface area contributed by atoms with Gasteiger partial charge in [-0.3, -0.25) is 0 Å². The lowest BCUT2D eigenvalue weighted by Crippen LogP contribution is -1.93. The van der Waals surface area contributed by atoms with Crippen molar-refractivity contribution in [3.63, 3.8) is 0 Å². The number of ether oxygens (including phenoxy) is 1. The summed E-state index contributed by atoms with van der Waals surface area (Å²) in [5.74, 6) is 0.667. The molecule has 5 heteroatoms. The lowest BCUT2D eigenvalue weighted by atomic mass is 10.2. The van der Waals surface area contributed by atoms with Gasteiger partial charge in [0.05, 0.1) is 11.2 Å². The fraction of sp³-hybridized carbons (Fsp3) is 0.0833. The third-order valence-electron chi connectivity index (χ3n) is 2.09. The Kier molecular flexibility index (Phi) is 3.22. The van der Waals surface area contributed by atoms with Crippen molar-refractivity contribution in [3.8, 4) is 17.7 Å². The van der Waals surface area contributed by atoms with Gasteiger partial charge in [-0.05, 0) is 24.6 Å². The summed E-state index contributed by atoms with van der Waals surface area (Å²) in [5, 5.41) is 9.35. The van der Waals surface area contributed by atoms with Gasteiger partial charge in [-0.15, -0.1) is 0 Å². The lowest BCUT2D eigenvalue weighted by Gasteiger charge is -2.07. The van der Waals surface area contributed by atoms with Gasteiger partial charge >= 0.3 is 0 Å². The largest absolute Gasteiger partial charge is 0.436 e. The first-order valence-corrected chi connectivity index (χ1v) is 5.22. The Hall–Kier alpha value is -2.12. The van der Waals surface area contributed by atoms with E-state index in [0.717, 1.165) is 5.56 Å².